The first-order valence-corrected chi connectivity index (χ1v) is 5.65. The summed E-state index contributed by atoms with van der Waals surface area (Å²) in [6.07, 6.45) is 5.55. The summed E-state index contributed by atoms with van der Waals surface area (Å²) in [6.45, 7) is 2.81. The third kappa shape index (κ3) is 2.02. The largest absolute Gasteiger partial charge is 0.293 e. The van der Waals surface area contributed by atoms with Crippen LogP contribution in [0.1, 0.15) is 26.2 Å². The summed E-state index contributed by atoms with van der Waals surface area (Å²) in [5.74, 6) is 0. The summed E-state index contributed by atoms with van der Waals surface area (Å²) >= 11 is 1.33. The zero-order valence-corrected chi connectivity index (χ0v) is 8.91. The van der Waals surface area contributed by atoms with Crippen LogP contribution in [0.4, 0.5) is 0 Å². The fourth-order valence-electron chi connectivity index (χ4n) is 1.58. The van der Waals surface area contributed by atoms with E-state index in [4.69, 9.17) is 0 Å². The Kier molecular flexibility index (Phi) is 3.18. The fraction of sp³-hybridized carbons (Fsp3) is 0.889. The predicted molar refractivity (Wildman–Crippen MR) is 53.4 cm³/mol. The highest BCUT2D eigenvalue weighted by molar-refractivity contribution is 8.13. The average molecular weight is 187 g/mol. The molecule has 0 spiro atoms. The van der Waals surface area contributed by atoms with Gasteiger partial charge in [-0.1, -0.05) is 18.7 Å². The molecule has 0 atom stereocenters. The normalized spacial score (nSPS) is 19.7. The van der Waals surface area contributed by atoms with E-state index >= 15 is 0 Å². The lowest BCUT2D eigenvalue weighted by atomic mass is 10.2. The second-order valence-corrected chi connectivity index (χ2v) is 4.37. The van der Waals surface area contributed by atoms with E-state index in [2.05, 4.69) is 18.9 Å². The molecule has 0 saturated heterocycles. The summed E-state index contributed by atoms with van der Waals surface area (Å²) in [4.78, 5) is 13.3. The Bertz CT molecular complexity index is 177. The minimum absolute atomic E-state index is 0.275. The van der Waals surface area contributed by atoms with Crippen molar-refractivity contribution < 1.29 is 4.79 Å². The van der Waals surface area contributed by atoms with E-state index < -0.39 is 0 Å². The SMILES string of the molecule is CCC1(N(C)CC(=O)SC)CC1. The van der Waals surface area contributed by atoms with Gasteiger partial charge in [0.2, 0.25) is 5.12 Å². The molecule has 1 aliphatic carbocycles. The molecule has 0 bridgehead atoms. The van der Waals surface area contributed by atoms with Gasteiger partial charge in [0.15, 0.2) is 0 Å². The van der Waals surface area contributed by atoms with Gasteiger partial charge in [-0.2, -0.15) is 0 Å². The zero-order chi connectivity index (χ0) is 9.19. The van der Waals surface area contributed by atoms with E-state index in [1.165, 1.54) is 31.0 Å². The molecule has 1 rings (SSSR count). The van der Waals surface area contributed by atoms with E-state index in [1.807, 2.05) is 6.26 Å². The number of likely N-dealkylation sites (N-methyl/N-ethyl adjacent to an activating group) is 1. The Morgan fingerprint density at radius 2 is 2.17 bits per heavy atom. The third-order valence-electron chi connectivity index (χ3n) is 2.89. The number of rotatable bonds is 4. The Labute approximate surface area is 78.7 Å². The van der Waals surface area contributed by atoms with Gasteiger partial charge in [-0.25, -0.2) is 0 Å². The van der Waals surface area contributed by atoms with Gasteiger partial charge in [-0.05, 0) is 32.6 Å². The summed E-state index contributed by atoms with van der Waals surface area (Å²) in [5.41, 5.74) is 0.380. The van der Waals surface area contributed by atoms with Gasteiger partial charge in [0, 0.05) is 5.54 Å². The van der Waals surface area contributed by atoms with Crippen LogP contribution in [0.3, 0.4) is 0 Å². The third-order valence-corrected chi connectivity index (χ3v) is 3.47. The van der Waals surface area contributed by atoms with Crippen molar-refractivity contribution in [2.45, 2.75) is 31.7 Å². The maximum absolute atomic E-state index is 11.1. The first-order chi connectivity index (χ1) is 5.64. The van der Waals surface area contributed by atoms with E-state index in [0.717, 1.165) is 0 Å². The number of thioether (sulfide) groups is 1. The number of carbonyl (C=O) groups is 1. The molecule has 70 valence electrons. The van der Waals surface area contributed by atoms with Crippen LogP contribution >= 0.6 is 11.8 Å². The van der Waals surface area contributed by atoms with Crippen LogP contribution in [0, 0.1) is 0 Å². The summed E-state index contributed by atoms with van der Waals surface area (Å²) in [7, 11) is 2.06. The molecular weight excluding hydrogens is 170 g/mol. The highest BCUT2D eigenvalue weighted by Gasteiger charge is 2.44. The van der Waals surface area contributed by atoms with Crippen molar-refractivity contribution in [3.63, 3.8) is 0 Å². The van der Waals surface area contributed by atoms with Gasteiger partial charge in [-0.3, -0.25) is 9.69 Å². The number of hydrogen-bond donors (Lipinski definition) is 0. The van der Waals surface area contributed by atoms with Crippen LogP contribution in [-0.2, 0) is 4.79 Å². The van der Waals surface area contributed by atoms with Gasteiger partial charge in [0.1, 0.15) is 0 Å². The molecule has 0 aromatic rings. The van der Waals surface area contributed by atoms with Crippen LogP contribution in [0.15, 0.2) is 0 Å². The minimum Gasteiger partial charge on any atom is -0.293 e. The average Bonchev–Trinajstić information content (AvgIpc) is 2.84. The topological polar surface area (TPSA) is 20.3 Å². The second-order valence-electron chi connectivity index (χ2n) is 3.51. The van der Waals surface area contributed by atoms with Crippen LogP contribution in [0.5, 0.6) is 0 Å². The maximum Gasteiger partial charge on any atom is 0.202 e. The van der Waals surface area contributed by atoms with Gasteiger partial charge >= 0.3 is 0 Å². The van der Waals surface area contributed by atoms with E-state index in [9.17, 15) is 4.79 Å². The van der Waals surface area contributed by atoms with E-state index in [1.54, 1.807) is 0 Å². The number of nitrogens with zero attached hydrogens (tertiary/aromatic N) is 1. The molecule has 0 aromatic carbocycles. The molecule has 0 heterocycles. The molecule has 0 unspecified atom stereocenters. The molecule has 1 saturated carbocycles. The van der Waals surface area contributed by atoms with Gasteiger partial charge in [-0.15, -0.1) is 0 Å². The van der Waals surface area contributed by atoms with Crippen molar-refractivity contribution in [2.24, 2.45) is 0 Å². The van der Waals surface area contributed by atoms with Gasteiger partial charge in [0.25, 0.3) is 0 Å². The second kappa shape index (κ2) is 3.79. The highest BCUT2D eigenvalue weighted by Crippen LogP contribution is 2.43. The predicted octanol–water partition coefficient (Wildman–Crippen LogP) is 1.75. The summed E-state index contributed by atoms with van der Waals surface area (Å²) in [6, 6.07) is 0. The lowest BCUT2D eigenvalue weighted by molar-refractivity contribution is -0.112. The summed E-state index contributed by atoms with van der Waals surface area (Å²) < 4.78 is 0. The molecule has 1 aliphatic rings. The molecular formula is C9H17NOS. The molecule has 3 heteroatoms. The molecule has 2 nitrogen and oxygen atoms in total. The van der Waals surface area contributed by atoms with Crippen LogP contribution in [0.25, 0.3) is 0 Å². The Hall–Kier alpha value is -0.0200. The first kappa shape index (κ1) is 10.1. The number of carbonyl (C=O) groups excluding carboxylic acids is 1. The monoisotopic (exact) mass is 187 g/mol. The van der Waals surface area contributed by atoms with Crippen LogP contribution in [0.2, 0.25) is 0 Å². The van der Waals surface area contributed by atoms with Crippen molar-refractivity contribution >= 4 is 16.9 Å². The van der Waals surface area contributed by atoms with E-state index in [-0.39, 0.29) is 5.12 Å². The number of hydrogen-bond acceptors (Lipinski definition) is 3. The molecule has 0 N–H and O–H groups in total. The standard InChI is InChI=1S/C9H17NOS/c1-4-9(5-6-9)10(2)7-8(11)12-3/h4-7H2,1-3H3. The van der Waals surface area contributed by atoms with E-state index in [0.29, 0.717) is 12.1 Å². The van der Waals surface area contributed by atoms with Crippen molar-refractivity contribution in [3.05, 3.63) is 0 Å². The Morgan fingerprint density at radius 3 is 2.50 bits per heavy atom. The Balaban J connectivity index is 2.37. The molecule has 0 amide bonds. The zero-order valence-electron chi connectivity index (χ0n) is 8.09. The first-order valence-electron chi connectivity index (χ1n) is 4.42. The minimum atomic E-state index is 0.275. The highest BCUT2D eigenvalue weighted by atomic mass is 32.2. The van der Waals surface area contributed by atoms with Gasteiger partial charge < -0.3 is 0 Å². The fourth-order valence-corrected chi connectivity index (χ4v) is 1.90. The summed E-state index contributed by atoms with van der Waals surface area (Å²) in [5, 5.41) is 0.275. The Morgan fingerprint density at radius 1 is 1.58 bits per heavy atom. The smallest absolute Gasteiger partial charge is 0.202 e. The lowest BCUT2D eigenvalue weighted by Gasteiger charge is -2.25. The van der Waals surface area contributed by atoms with Crippen molar-refractivity contribution in [2.75, 3.05) is 19.8 Å². The molecule has 12 heavy (non-hydrogen) atoms. The van der Waals surface area contributed by atoms with Crippen molar-refractivity contribution in [1.82, 2.24) is 4.90 Å². The molecule has 0 radical (unpaired) electrons. The van der Waals surface area contributed by atoms with Crippen LogP contribution < -0.4 is 0 Å². The quantitative estimate of drug-likeness (QED) is 0.669. The molecule has 1 fully saturated rings. The molecule has 0 aliphatic heterocycles. The van der Waals surface area contributed by atoms with Crippen LogP contribution in [-0.4, -0.2) is 35.4 Å². The van der Waals surface area contributed by atoms with Crippen molar-refractivity contribution in [1.29, 1.82) is 0 Å². The van der Waals surface area contributed by atoms with Gasteiger partial charge in [0.05, 0.1) is 6.54 Å². The lowest BCUT2D eigenvalue weighted by Crippen LogP contribution is -2.36. The molecule has 0 aromatic heterocycles. The van der Waals surface area contributed by atoms with Crippen molar-refractivity contribution in [3.8, 4) is 0 Å². The maximum atomic E-state index is 11.1.